The van der Waals surface area contributed by atoms with Crippen LogP contribution in [0.5, 0.6) is 0 Å². The second kappa shape index (κ2) is 4.29. The summed E-state index contributed by atoms with van der Waals surface area (Å²) in [6.07, 6.45) is 6.47. The van der Waals surface area contributed by atoms with E-state index in [2.05, 4.69) is 0 Å². The van der Waals surface area contributed by atoms with Crippen LogP contribution in [-0.4, -0.2) is 12.1 Å². The van der Waals surface area contributed by atoms with Crippen LogP contribution >= 0.6 is 0 Å². The molecule has 0 atom stereocenters. The molecule has 1 aliphatic rings. The van der Waals surface area contributed by atoms with Gasteiger partial charge in [0.2, 0.25) is 0 Å². The molecule has 0 unspecified atom stereocenters. The molecular weight excluding hydrogens is 152 g/mol. The smallest absolute Gasteiger partial charge is 0.333 e. The zero-order valence-electron chi connectivity index (χ0n) is 7.80. The van der Waals surface area contributed by atoms with Gasteiger partial charge in [0.15, 0.2) is 0 Å². The van der Waals surface area contributed by atoms with Crippen molar-refractivity contribution < 1.29 is 9.53 Å². The van der Waals surface area contributed by atoms with Crippen molar-refractivity contribution in [2.75, 3.05) is 0 Å². The summed E-state index contributed by atoms with van der Waals surface area (Å²) in [4.78, 5) is 11.2. The van der Waals surface area contributed by atoms with E-state index in [9.17, 15) is 4.79 Å². The highest BCUT2D eigenvalue weighted by atomic mass is 16.5. The maximum Gasteiger partial charge on any atom is 0.333 e. The fourth-order valence-electron chi connectivity index (χ4n) is 1.37. The van der Waals surface area contributed by atoms with E-state index in [0.29, 0.717) is 5.57 Å². The van der Waals surface area contributed by atoms with Crippen molar-refractivity contribution in [3.05, 3.63) is 11.6 Å². The SMILES string of the molecule is CC=C(C)C(=O)OC1CCCC1. The van der Waals surface area contributed by atoms with Crippen molar-refractivity contribution >= 4 is 5.97 Å². The zero-order valence-corrected chi connectivity index (χ0v) is 7.80. The lowest BCUT2D eigenvalue weighted by Gasteiger charge is -2.10. The van der Waals surface area contributed by atoms with Crippen molar-refractivity contribution in [3.63, 3.8) is 0 Å². The zero-order chi connectivity index (χ0) is 8.97. The highest BCUT2D eigenvalue weighted by Gasteiger charge is 2.19. The minimum absolute atomic E-state index is 0.149. The molecule has 0 saturated heterocycles. The van der Waals surface area contributed by atoms with Crippen LogP contribution < -0.4 is 0 Å². The summed E-state index contributed by atoms with van der Waals surface area (Å²) in [5, 5.41) is 0. The van der Waals surface area contributed by atoms with Gasteiger partial charge in [-0.05, 0) is 39.5 Å². The van der Waals surface area contributed by atoms with Crippen LogP contribution in [0.1, 0.15) is 39.5 Å². The van der Waals surface area contributed by atoms with Gasteiger partial charge in [-0.1, -0.05) is 6.08 Å². The minimum Gasteiger partial charge on any atom is -0.459 e. The fourth-order valence-corrected chi connectivity index (χ4v) is 1.37. The third kappa shape index (κ3) is 2.36. The Morgan fingerprint density at radius 1 is 1.42 bits per heavy atom. The summed E-state index contributed by atoms with van der Waals surface area (Å²) in [5.74, 6) is -0.149. The lowest BCUT2D eigenvalue weighted by atomic mass is 10.3. The van der Waals surface area contributed by atoms with Crippen LogP contribution in [0.15, 0.2) is 11.6 Å². The average molecular weight is 168 g/mol. The fraction of sp³-hybridized carbons (Fsp3) is 0.700. The van der Waals surface area contributed by atoms with E-state index in [1.54, 1.807) is 13.0 Å². The third-order valence-electron chi connectivity index (χ3n) is 2.33. The number of rotatable bonds is 2. The number of carbonyl (C=O) groups is 1. The predicted octanol–water partition coefficient (Wildman–Crippen LogP) is 2.44. The van der Waals surface area contributed by atoms with Gasteiger partial charge in [0.05, 0.1) is 0 Å². The molecule has 0 aromatic rings. The number of allylic oxidation sites excluding steroid dienone is 1. The molecule has 12 heavy (non-hydrogen) atoms. The van der Waals surface area contributed by atoms with Crippen LogP contribution in [-0.2, 0) is 9.53 Å². The summed E-state index contributed by atoms with van der Waals surface area (Å²) in [5.41, 5.74) is 0.710. The van der Waals surface area contributed by atoms with Crippen molar-refractivity contribution in [2.45, 2.75) is 45.6 Å². The van der Waals surface area contributed by atoms with Crippen molar-refractivity contribution in [1.82, 2.24) is 0 Å². The molecule has 0 bridgehead atoms. The molecular formula is C10H16O2. The Morgan fingerprint density at radius 2 is 2.00 bits per heavy atom. The topological polar surface area (TPSA) is 26.3 Å². The highest BCUT2D eigenvalue weighted by Crippen LogP contribution is 2.21. The lowest BCUT2D eigenvalue weighted by Crippen LogP contribution is -2.15. The van der Waals surface area contributed by atoms with Crippen LogP contribution in [0.3, 0.4) is 0 Å². The van der Waals surface area contributed by atoms with Gasteiger partial charge in [0, 0.05) is 5.57 Å². The molecule has 0 spiro atoms. The highest BCUT2D eigenvalue weighted by molar-refractivity contribution is 5.87. The molecule has 0 amide bonds. The van der Waals surface area contributed by atoms with Gasteiger partial charge < -0.3 is 4.74 Å². The normalized spacial score (nSPS) is 19.7. The van der Waals surface area contributed by atoms with Crippen molar-refractivity contribution in [1.29, 1.82) is 0 Å². The van der Waals surface area contributed by atoms with E-state index in [1.165, 1.54) is 12.8 Å². The molecule has 0 aliphatic heterocycles. The average Bonchev–Trinajstić information content (AvgIpc) is 2.55. The van der Waals surface area contributed by atoms with E-state index in [0.717, 1.165) is 12.8 Å². The Hall–Kier alpha value is -0.790. The van der Waals surface area contributed by atoms with Gasteiger partial charge in [0.25, 0.3) is 0 Å². The summed E-state index contributed by atoms with van der Waals surface area (Å²) in [7, 11) is 0. The van der Waals surface area contributed by atoms with Crippen LogP contribution in [0.2, 0.25) is 0 Å². The minimum atomic E-state index is -0.149. The van der Waals surface area contributed by atoms with Crippen LogP contribution in [0.25, 0.3) is 0 Å². The van der Waals surface area contributed by atoms with Crippen LogP contribution in [0.4, 0.5) is 0 Å². The molecule has 68 valence electrons. The van der Waals surface area contributed by atoms with Gasteiger partial charge in [-0.15, -0.1) is 0 Å². The number of ether oxygens (including phenoxy) is 1. The van der Waals surface area contributed by atoms with Gasteiger partial charge in [-0.3, -0.25) is 0 Å². The van der Waals surface area contributed by atoms with Gasteiger partial charge in [-0.2, -0.15) is 0 Å². The number of hydrogen-bond acceptors (Lipinski definition) is 2. The van der Waals surface area contributed by atoms with Crippen molar-refractivity contribution in [2.24, 2.45) is 0 Å². The summed E-state index contributed by atoms with van der Waals surface area (Å²) >= 11 is 0. The molecule has 1 rings (SSSR count). The maximum atomic E-state index is 11.2. The summed E-state index contributed by atoms with van der Waals surface area (Å²) in [6.45, 7) is 3.64. The van der Waals surface area contributed by atoms with E-state index in [4.69, 9.17) is 4.74 Å². The second-order valence-electron chi connectivity index (χ2n) is 3.28. The van der Waals surface area contributed by atoms with E-state index >= 15 is 0 Å². The molecule has 1 aliphatic carbocycles. The molecule has 0 heterocycles. The largest absolute Gasteiger partial charge is 0.459 e. The first-order chi connectivity index (χ1) is 5.74. The Kier molecular flexibility index (Phi) is 3.32. The summed E-state index contributed by atoms with van der Waals surface area (Å²) in [6, 6.07) is 0. The molecule has 0 aromatic heterocycles. The molecule has 0 radical (unpaired) electrons. The quantitative estimate of drug-likeness (QED) is 0.467. The first-order valence-electron chi connectivity index (χ1n) is 4.58. The Balaban J connectivity index is 2.35. The van der Waals surface area contributed by atoms with Crippen LogP contribution in [0, 0.1) is 0 Å². The van der Waals surface area contributed by atoms with Crippen molar-refractivity contribution in [3.8, 4) is 0 Å². The standard InChI is InChI=1S/C10H16O2/c1-3-8(2)10(11)12-9-6-4-5-7-9/h3,9H,4-7H2,1-2H3. The predicted molar refractivity (Wildman–Crippen MR) is 47.8 cm³/mol. The molecule has 2 heteroatoms. The first kappa shape index (κ1) is 9.30. The Labute approximate surface area is 73.6 Å². The third-order valence-corrected chi connectivity index (χ3v) is 2.33. The Morgan fingerprint density at radius 3 is 2.50 bits per heavy atom. The maximum absolute atomic E-state index is 11.2. The number of esters is 1. The van der Waals surface area contributed by atoms with E-state index in [1.807, 2.05) is 6.92 Å². The Bertz CT molecular complexity index is 188. The molecule has 2 nitrogen and oxygen atoms in total. The molecule has 0 aromatic carbocycles. The molecule has 1 fully saturated rings. The molecule has 0 N–H and O–H groups in total. The number of hydrogen-bond donors (Lipinski definition) is 0. The van der Waals surface area contributed by atoms with Gasteiger partial charge in [-0.25, -0.2) is 4.79 Å². The number of carbonyl (C=O) groups excluding carboxylic acids is 1. The summed E-state index contributed by atoms with van der Waals surface area (Å²) < 4.78 is 5.26. The monoisotopic (exact) mass is 168 g/mol. The first-order valence-corrected chi connectivity index (χ1v) is 4.58. The molecule has 1 saturated carbocycles. The second-order valence-corrected chi connectivity index (χ2v) is 3.28. The van der Waals surface area contributed by atoms with Gasteiger partial charge in [0.1, 0.15) is 6.10 Å². The van der Waals surface area contributed by atoms with E-state index < -0.39 is 0 Å². The lowest BCUT2D eigenvalue weighted by molar-refractivity contribution is -0.143. The van der Waals surface area contributed by atoms with E-state index in [-0.39, 0.29) is 12.1 Å². The van der Waals surface area contributed by atoms with Gasteiger partial charge >= 0.3 is 5.97 Å².